The highest BCUT2D eigenvalue weighted by molar-refractivity contribution is 5.77. The molecule has 1 aromatic heterocycles. The third-order valence-electron chi connectivity index (χ3n) is 3.85. The van der Waals surface area contributed by atoms with E-state index in [1.165, 1.54) is 0 Å². The number of carbonyl (C=O) groups excluding carboxylic acids is 1. The quantitative estimate of drug-likeness (QED) is 0.924. The lowest BCUT2D eigenvalue weighted by atomic mass is 9.96. The molecule has 0 spiro atoms. The molecule has 0 aliphatic carbocycles. The van der Waals surface area contributed by atoms with Crippen molar-refractivity contribution in [2.24, 2.45) is 0 Å². The second-order valence-corrected chi connectivity index (χ2v) is 5.66. The van der Waals surface area contributed by atoms with Crippen molar-refractivity contribution in [1.82, 2.24) is 15.1 Å². The molecule has 1 aliphatic rings. The van der Waals surface area contributed by atoms with E-state index in [1.807, 2.05) is 13.8 Å². The molecular weight excluding hydrogens is 257 g/mol. The van der Waals surface area contributed by atoms with Crippen molar-refractivity contribution < 1.29 is 9.18 Å². The predicted molar refractivity (Wildman–Crippen MR) is 75.9 cm³/mol. The number of allylic oxidation sites excluding steroid dienone is 2. The Bertz CT molecular complexity index is 556. The third-order valence-corrected chi connectivity index (χ3v) is 3.85. The van der Waals surface area contributed by atoms with E-state index in [1.54, 1.807) is 18.5 Å². The molecule has 1 atom stereocenters. The van der Waals surface area contributed by atoms with Gasteiger partial charge in [-0.25, -0.2) is 4.39 Å². The van der Waals surface area contributed by atoms with E-state index in [0.717, 1.165) is 29.8 Å². The topological polar surface area (TPSA) is 46.9 Å². The number of aromatic nitrogens is 2. The van der Waals surface area contributed by atoms with E-state index in [0.29, 0.717) is 12.0 Å². The number of piperidine rings is 1. The van der Waals surface area contributed by atoms with Crippen molar-refractivity contribution in [2.75, 3.05) is 0 Å². The molecule has 1 saturated heterocycles. The highest BCUT2D eigenvalue weighted by Gasteiger charge is 2.25. The van der Waals surface area contributed by atoms with Gasteiger partial charge in [0.1, 0.15) is 5.83 Å². The van der Waals surface area contributed by atoms with E-state index < -0.39 is 0 Å². The molecule has 110 valence electrons. The number of rotatable bonds is 3. The SMILES string of the molecule is CC(C)=C(F)Cn1nc(C)c(C2CCCC(=O)N2)c1C. The summed E-state index contributed by atoms with van der Waals surface area (Å²) in [6.45, 7) is 7.52. The summed E-state index contributed by atoms with van der Waals surface area (Å²) in [5.74, 6) is -0.0712. The average molecular weight is 279 g/mol. The van der Waals surface area contributed by atoms with Crippen LogP contribution in [0, 0.1) is 13.8 Å². The first kappa shape index (κ1) is 14.8. The summed E-state index contributed by atoms with van der Waals surface area (Å²) in [4.78, 5) is 11.5. The summed E-state index contributed by atoms with van der Waals surface area (Å²) in [6.07, 6.45) is 2.41. The lowest BCUT2D eigenvalue weighted by Crippen LogP contribution is -2.33. The Labute approximate surface area is 119 Å². The van der Waals surface area contributed by atoms with Crippen molar-refractivity contribution in [2.45, 2.75) is 59.5 Å². The van der Waals surface area contributed by atoms with Crippen molar-refractivity contribution in [3.63, 3.8) is 0 Å². The van der Waals surface area contributed by atoms with E-state index >= 15 is 0 Å². The minimum absolute atomic E-state index is 0.0137. The van der Waals surface area contributed by atoms with Crippen LogP contribution in [-0.4, -0.2) is 15.7 Å². The number of aryl methyl sites for hydroxylation is 1. The van der Waals surface area contributed by atoms with Crippen LogP contribution in [0.25, 0.3) is 0 Å². The third kappa shape index (κ3) is 2.92. The highest BCUT2D eigenvalue weighted by atomic mass is 19.1. The van der Waals surface area contributed by atoms with Gasteiger partial charge in [0.05, 0.1) is 18.3 Å². The van der Waals surface area contributed by atoms with Crippen LogP contribution >= 0.6 is 0 Å². The van der Waals surface area contributed by atoms with Crippen LogP contribution in [0.5, 0.6) is 0 Å². The summed E-state index contributed by atoms with van der Waals surface area (Å²) in [5, 5.41) is 7.43. The van der Waals surface area contributed by atoms with Gasteiger partial charge in [0.15, 0.2) is 0 Å². The van der Waals surface area contributed by atoms with Crippen LogP contribution in [0.1, 0.15) is 56.1 Å². The molecule has 0 saturated carbocycles. The molecular formula is C15H22FN3O. The van der Waals surface area contributed by atoms with Crippen molar-refractivity contribution in [1.29, 1.82) is 0 Å². The van der Waals surface area contributed by atoms with Gasteiger partial charge in [-0.2, -0.15) is 5.10 Å². The molecule has 1 aliphatic heterocycles. The van der Waals surface area contributed by atoms with Gasteiger partial charge in [-0.3, -0.25) is 9.48 Å². The van der Waals surface area contributed by atoms with E-state index in [9.17, 15) is 9.18 Å². The Morgan fingerprint density at radius 1 is 1.45 bits per heavy atom. The first-order valence-electron chi connectivity index (χ1n) is 7.05. The molecule has 1 unspecified atom stereocenters. The summed E-state index contributed by atoms with van der Waals surface area (Å²) in [6, 6.07) is 0.0137. The fourth-order valence-electron chi connectivity index (χ4n) is 2.68. The smallest absolute Gasteiger partial charge is 0.220 e. The normalized spacial score (nSPS) is 18.9. The van der Waals surface area contributed by atoms with Gasteiger partial charge in [-0.05, 0) is 46.1 Å². The van der Waals surface area contributed by atoms with Crippen LogP contribution in [0.2, 0.25) is 0 Å². The van der Waals surface area contributed by atoms with Crippen LogP contribution in [0.15, 0.2) is 11.4 Å². The van der Waals surface area contributed by atoms with Gasteiger partial charge in [-0.1, -0.05) is 0 Å². The number of halogens is 1. The zero-order chi connectivity index (χ0) is 14.9. The first-order valence-corrected chi connectivity index (χ1v) is 7.05. The Balaban J connectivity index is 2.29. The van der Waals surface area contributed by atoms with Gasteiger partial charge >= 0.3 is 0 Å². The van der Waals surface area contributed by atoms with Crippen LogP contribution < -0.4 is 5.32 Å². The summed E-state index contributed by atoms with van der Waals surface area (Å²) >= 11 is 0. The first-order chi connectivity index (χ1) is 9.40. The fourth-order valence-corrected chi connectivity index (χ4v) is 2.68. The minimum Gasteiger partial charge on any atom is -0.349 e. The molecule has 0 bridgehead atoms. The Morgan fingerprint density at radius 3 is 2.75 bits per heavy atom. The summed E-state index contributed by atoms with van der Waals surface area (Å²) < 4.78 is 15.5. The number of nitrogens with zero attached hydrogens (tertiary/aromatic N) is 2. The largest absolute Gasteiger partial charge is 0.349 e. The van der Waals surface area contributed by atoms with E-state index in [-0.39, 0.29) is 24.3 Å². The van der Waals surface area contributed by atoms with E-state index in [2.05, 4.69) is 10.4 Å². The van der Waals surface area contributed by atoms with Crippen LogP contribution in [0.3, 0.4) is 0 Å². The van der Waals surface area contributed by atoms with Gasteiger partial charge in [0.25, 0.3) is 0 Å². The maximum absolute atomic E-state index is 13.8. The second-order valence-electron chi connectivity index (χ2n) is 5.66. The van der Waals surface area contributed by atoms with E-state index in [4.69, 9.17) is 0 Å². The zero-order valence-electron chi connectivity index (χ0n) is 12.6. The number of hydrogen-bond acceptors (Lipinski definition) is 2. The predicted octanol–water partition coefficient (Wildman–Crippen LogP) is 3.10. The van der Waals surface area contributed by atoms with Gasteiger partial charge in [0, 0.05) is 17.7 Å². The second kappa shape index (κ2) is 5.77. The lowest BCUT2D eigenvalue weighted by molar-refractivity contribution is -0.123. The molecule has 2 heterocycles. The Kier molecular flexibility index (Phi) is 4.26. The zero-order valence-corrected chi connectivity index (χ0v) is 12.6. The molecule has 1 fully saturated rings. The standard InChI is InChI=1S/C15H22FN3O/c1-9(2)12(16)8-19-11(4)15(10(3)18-19)13-6-5-7-14(20)17-13/h13H,5-8H2,1-4H3,(H,17,20). The van der Waals surface area contributed by atoms with Crippen LogP contribution in [-0.2, 0) is 11.3 Å². The summed E-state index contributed by atoms with van der Waals surface area (Å²) in [5.41, 5.74) is 3.52. The molecule has 4 nitrogen and oxygen atoms in total. The molecule has 20 heavy (non-hydrogen) atoms. The van der Waals surface area contributed by atoms with Gasteiger partial charge < -0.3 is 5.32 Å². The molecule has 1 N–H and O–H groups in total. The van der Waals surface area contributed by atoms with Gasteiger partial charge in [-0.15, -0.1) is 0 Å². The van der Waals surface area contributed by atoms with Crippen molar-refractivity contribution in [3.8, 4) is 0 Å². The number of amides is 1. The number of carbonyl (C=O) groups is 1. The number of nitrogens with one attached hydrogen (secondary N) is 1. The lowest BCUT2D eigenvalue weighted by Gasteiger charge is -2.23. The van der Waals surface area contributed by atoms with Crippen molar-refractivity contribution in [3.05, 3.63) is 28.4 Å². The highest BCUT2D eigenvalue weighted by Crippen LogP contribution is 2.29. The molecule has 1 amide bonds. The van der Waals surface area contributed by atoms with Crippen LogP contribution in [0.4, 0.5) is 4.39 Å². The molecule has 0 aromatic carbocycles. The fraction of sp³-hybridized carbons (Fsp3) is 0.600. The Morgan fingerprint density at radius 2 is 2.15 bits per heavy atom. The van der Waals surface area contributed by atoms with Gasteiger partial charge in [0.2, 0.25) is 5.91 Å². The monoisotopic (exact) mass is 279 g/mol. The molecule has 2 rings (SSSR count). The number of hydrogen-bond donors (Lipinski definition) is 1. The Hall–Kier alpha value is -1.65. The molecule has 0 radical (unpaired) electrons. The molecule has 5 heteroatoms. The maximum atomic E-state index is 13.8. The minimum atomic E-state index is -0.158. The summed E-state index contributed by atoms with van der Waals surface area (Å²) in [7, 11) is 0. The molecule has 1 aromatic rings. The maximum Gasteiger partial charge on any atom is 0.220 e. The van der Waals surface area contributed by atoms with Crippen molar-refractivity contribution >= 4 is 5.91 Å². The average Bonchev–Trinajstić information content (AvgIpc) is 2.64.